The van der Waals surface area contributed by atoms with Crippen LogP contribution in [0.4, 0.5) is 0 Å². The minimum atomic E-state index is -0.161. The summed E-state index contributed by atoms with van der Waals surface area (Å²) in [6.07, 6.45) is 15.8. The highest BCUT2D eigenvalue weighted by Gasteiger charge is 2.65. The van der Waals surface area contributed by atoms with E-state index in [4.69, 9.17) is 0 Å². The van der Waals surface area contributed by atoms with Crippen molar-refractivity contribution in [1.82, 2.24) is 0 Å². The summed E-state index contributed by atoms with van der Waals surface area (Å²) in [5.41, 5.74) is 3.05. The molecule has 0 aliphatic heterocycles. The Morgan fingerprint density at radius 2 is 1.51 bits per heavy atom. The summed E-state index contributed by atoms with van der Waals surface area (Å²) >= 11 is 0. The third kappa shape index (κ3) is 3.26. The molecule has 7 unspecified atom stereocenters. The first-order chi connectivity index (χ1) is 16.4. The number of ketones is 2. The van der Waals surface area contributed by atoms with Crippen molar-refractivity contribution in [1.29, 1.82) is 0 Å². The maximum absolute atomic E-state index is 12.9. The van der Waals surface area contributed by atoms with E-state index in [2.05, 4.69) is 47.6 Å². The second kappa shape index (κ2) is 8.04. The van der Waals surface area contributed by atoms with Crippen molar-refractivity contribution in [2.45, 2.75) is 126 Å². The lowest BCUT2D eigenvalue weighted by Crippen LogP contribution is -2.61. The monoisotopic (exact) mass is 480 g/mol. The third-order valence-electron chi connectivity index (χ3n) is 13.6. The van der Waals surface area contributed by atoms with Crippen LogP contribution in [-0.4, -0.2) is 11.6 Å². The molecular formula is C33H52O2. The zero-order valence-electron chi connectivity index (χ0n) is 24.1. The van der Waals surface area contributed by atoms with Crippen LogP contribution in [0.2, 0.25) is 0 Å². The first-order valence-corrected chi connectivity index (χ1v) is 15.1. The third-order valence-corrected chi connectivity index (χ3v) is 13.6. The van der Waals surface area contributed by atoms with E-state index in [1.807, 2.05) is 13.8 Å². The molecule has 5 fully saturated rings. The molecule has 0 saturated heterocycles. The van der Waals surface area contributed by atoms with Crippen molar-refractivity contribution >= 4 is 11.6 Å². The summed E-state index contributed by atoms with van der Waals surface area (Å²) in [4.78, 5) is 25.2. The van der Waals surface area contributed by atoms with Crippen molar-refractivity contribution in [2.75, 3.05) is 0 Å². The molecule has 35 heavy (non-hydrogen) atoms. The molecule has 6 aliphatic rings. The highest BCUT2D eigenvalue weighted by molar-refractivity contribution is 5.88. The Kier molecular flexibility index (Phi) is 5.91. The summed E-state index contributed by atoms with van der Waals surface area (Å²) in [6.45, 7) is 18.5. The fraction of sp³-hybridized carbons (Fsp3) is 0.879. The number of carbonyl (C=O) groups is 2. The Morgan fingerprint density at radius 1 is 0.800 bits per heavy atom. The zero-order chi connectivity index (χ0) is 25.6. The van der Waals surface area contributed by atoms with Crippen molar-refractivity contribution in [3.05, 3.63) is 11.6 Å². The van der Waals surface area contributed by atoms with Crippen molar-refractivity contribution in [2.24, 2.45) is 56.7 Å². The molecule has 0 amide bonds. The molecule has 0 bridgehead atoms. The van der Waals surface area contributed by atoms with E-state index >= 15 is 0 Å². The van der Waals surface area contributed by atoms with Crippen LogP contribution in [0.3, 0.4) is 0 Å². The van der Waals surface area contributed by atoms with Crippen LogP contribution < -0.4 is 0 Å². The first-order valence-electron chi connectivity index (χ1n) is 15.1. The molecule has 1 spiro atoms. The summed E-state index contributed by atoms with van der Waals surface area (Å²) in [5.74, 6) is 3.94. The molecule has 6 aliphatic carbocycles. The van der Waals surface area contributed by atoms with Gasteiger partial charge in [0, 0.05) is 24.2 Å². The molecule has 2 heteroatoms. The molecule has 0 aromatic carbocycles. The number of Topliss-reactive ketones (excluding diaryl/α,β-unsaturated/α-hetero) is 2. The van der Waals surface area contributed by atoms with E-state index in [1.165, 1.54) is 51.4 Å². The number of fused-ring (bicyclic) bond motifs is 7. The maximum atomic E-state index is 12.9. The SMILES string of the molecule is CC.CC1C(=O)C[C@]12CCC1(C)CCC3C(=CCC4C5(C)CCC(=O)C(C)(C)C5CC[C@]34C)C1C2. The predicted octanol–water partition coefficient (Wildman–Crippen LogP) is 8.58. The van der Waals surface area contributed by atoms with Gasteiger partial charge in [0.2, 0.25) is 0 Å². The molecule has 0 N–H and O–H groups in total. The highest BCUT2D eigenvalue weighted by Crippen LogP contribution is 2.72. The minimum Gasteiger partial charge on any atom is -0.299 e. The first kappa shape index (κ1) is 25.7. The van der Waals surface area contributed by atoms with E-state index < -0.39 is 0 Å². The van der Waals surface area contributed by atoms with Gasteiger partial charge in [-0.05, 0) is 103 Å². The average molecular weight is 481 g/mol. The fourth-order valence-electron chi connectivity index (χ4n) is 11.2. The Labute approximate surface area is 215 Å². The molecule has 196 valence electrons. The van der Waals surface area contributed by atoms with Crippen LogP contribution in [0.15, 0.2) is 11.6 Å². The van der Waals surface area contributed by atoms with Crippen molar-refractivity contribution < 1.29 is 9.59 Å². The summed E-state index contributed by atoms with van der Waals surface area (Å²) in [5, 5.41) is 0. The number of rotatable bonds is 0. The van der Waals surface area contributed by atoms with Gasteiger partial charge >= 0.3 is 0 Å². The summed E-state index contributed by atoms with van der Waals surface area (Å²) in [7, 11) is 0. The number of hydrogen-bond donors (Lipinski definition) is 0. The van der Waals surface area contributed by atoms with Gasteiger partial charge in [0.15, 0.2) is 0 Å². The van der Waals surface area contributed by atoms with E-state index in [9.17, 15) is 9.59 Å². The normalized spacial score (nSPS) is 52.0. The van der Waals surface area contributed by atoms with Crippen LogP contribution in [0.25, 0.3) is 0 Å². The quantitative estimate of drug-likeness (QED) is 0.325. The predicted molar refractivity (Wildman–Crippen MR) is 144 cm³/mol. The van der Waals surface area contributed by atoms with Gasteiger partial charge in [-0.25, -0.2) is 0 Å². The fourth-order valence-corrected chi connectivity index (χ4v) is 11.2. The summed E-state index contributed by atoms with van der Waals surface area (Å²) in [6, 6.07) is 0. The average Bonchev–Trinajstić information content (AvgIpc) is 2.82. The molecule has 9 atom stereocenters. The number of hydrogen-bond acceptors (Lipinski definition) is 2. The number of carbonyl (C=O) groups excluding carboxylic acids is 2. The summed E-state index contributed by atoms with van der Waals surface area (Å²) < 4.78 is 0. The van der Waals surface area contributed by atoms with Gasteiger partial charge < -0.3 is 0 Å². The van der Waals surface area contributed by atoms with Gasteiger partial charge in [-0.3, -0.25) is 9.59 Å². The largest absolute Gasteiger partial charge is 0.299 e. The lowest BCUT2D eigenvalue weighted by molar-refractivity contribution is -0.171. The van der Waals surface area contributed by atoms with Crippen LogP contribution in [0, 0.1) is 56.7 Å². The number of allylic oxidation sites excluding steroid dienone is 2. The van der Waals surface area contributed by atoms with E-state index in [0.29, 0.717) is 51.5 Å². The molecule has 0 heterocycles. The van der Waals surface area contributed by atoms with Gasteiger partial charge in [-0.1, -0.05) is 67.0 Å². The molecule has 0 radical (unpaired) electrons. The Morgan fingerprint density at radius 3 is 2.17 bits per heavy atom. The van der Waals surface area contributed by atoms with E-state index in [0.717, 1.165) is 19.3 Å². The van der Waals surface area contributed by atoms with Gasteiger partial charge in [0.05, 0.1) is 0 Å². The minimum absolute atomic E-state index is 0.161. The smallest absolute Gasteiger partial charge is 0.138 e. The van der Waals surface area contributed by atoms with E-state index in [1.54, 1.807) is 5.57 Å². The van der Waals surface area contributed by atoms with E-state index in [-0.39, 0.29) is 16.7 Å². The Balaban J connectivity index is 0.00000124. The molecule has 0 aromatic rings. The van der Waals surface area contributed by atoms with Gasteiger partial charge in [-0.15, -0.1) is 0 Å². The standard InChI is InChI=1S/C31H46O2.C2H6/c1-19-23(32)18-31(19)16-15-28(4)12-9-21-20(22(28)17-31)7-8-25-29(21,5)13-10-24-27(2,3)26(33)11-14-30(24,25)6;1-2/h7,19,21-22,24-25H,8-18H2,1-6H3;1-2H3/t19?,21?,22?,24?,25?,28?,29-,30?,31-;/m1./s1. The maximum Gasteiger partial charge on any atom is 0.138 e. The van der Waals surface area contributed by atoms with Crippen molar-refractivity contribution in [3.8, 4) is 0 Å². The lowest BCUT2D eigenvalue weighted by Gasteiger charge is -2.68. The topological polar surface area (TPSA) is 34.1 Å². The Hall–Kier alpha value is -0.920. The molecule has 2 nitrogen and oxygen atoms in total. The highest BCUT2D eigenvalue weighted by atomic mass is 16.1. The second-order valence-electron chi connectivity index (χ2n) is 15.0. The second-order valence-corrected chi connectivity index (χ2v) is 15.0. The van der Waals surface area contributed by atoms with Crippen molar-refractivity contribution in [3.63, 3.8) is 0 Å². The Bertz CT molecular complexity index is 943. The molecular weight excluding hydrogens is 428 g/mol. The van der Waals surface area contributed by atoms with Gasteiger partial charge in [-0.2, -0.15) is 0 Å². The van der Waals surface area contributed by atoms with Crippen LogP contribution >= 0.6 is 0 Å². The molecule has 0 aromatic heterocycles. The van der Waals surface area contributed by atoms with Gasteiger partial charge in [0.25, 0.3) is 0 Å². The van der Waals surface area contributed by atoms with Crippen LogP contribution in [-0.2, 0) is 9.59 Å². The van der Waals surface area contributed by atoms with Crippen LogP contribution in [0.1, 0.15) is 126 Å². The lowest BCUT2D eigenvalue weighted by atomic mass is 9.36. The van der Waals surface area contributed by atoms with Gasteiger partial charge in [0.1, 0.15) is 11.6 Å². The molecule has 5 saturated carbocycles. The molecule has 6 rings (SSSR count). The van der Waals surface area contributed by atoms with Crippen LogP contribution in [0.5, 0.6) is 0 Å². The zero-order valence-corrected chi connectivity index (χ0v) is 24.1.